The van der Waals surface area contributed by atoms with Gasteiger partial charge in [-0.2, -0.15) is 13.2 Å². The molecule has 1 aliphatic carbocycles. The van der Waals surface area contributed by atoms with Gasteiger partial charge in [-0.25, -0.2) is 9.37 Å². The van der Waals surface area contributed by atoms with Gasteiger partial charge in [-0.15, -0.1) is 0 Å². The number of carbonyl (C=O) groups excluding carboxylic acids is 1. The Bertz CT molecular complexity index is 1270. The highest BCUT2D eigenvalue weighted by Crippen LogP contribution is 2.53. The molecular formula is C31H40F4N4O4. The molecular weight excluding hydrogens is 568 g/mol. The monoisotopic (exact) mass is 608 g/mol. The van der Waals surface area contributed by atoms with Crippen molar-refractivity contribution in [3.63, 3.8) is 0 Å². The van der Waals surface area contributed by atoms with Gasteiger partial charge in [-0.1, -0.05) is 12.5 Å². The SMILES string of the molecule is C[C@@]1(COCN)C[C@@H](O)CN1C(=O)c1ccc(-c2ccc(OCC3CCN(CC4(C(F)(F)F)CCC4)CC3)nc2)c(F)c1. The van der Waals surface area contributed by atoms with Gasteiger partial charge in [0.1, 0.15) is 5.82 Å². The number of likely N-dealkylation sites (tertiary alicyclic amines) is 2. The van der Waals surface area contributed by atoms with E-state index in [-0.39, 0.29) is 56.3 Å². The van der Waals surface area contributed by atoms with Crippen LogP contribution in [0.15, 0.2) is 36.5 Å². The Balaban J connectivity index is 1.14. The van der Waals surface area contributed by atoms with Gasteiger partial charge in [0.15, 0.2) is 0 Å². The number of nitrogens with two attached hydrogens (primary N) is 1. The Hall–Kier alpha value is -2.80. The van der Waals surface area contributed by atoms with E-state index in [2.05, 4.69) is 4.98 Å². The summed E-state index contributed by atoms with van der Waals surface area (Å²) in [4.78, 5) is 21.0. The average Bonchev–Trinajstić information content (AvgIpc) is 3.26. The van der Waals surface area contributed by atoms with Crippen LogP contribution in [-0.4, -0.2) is 89.7 Å². The number of piperidine rings is 1. The molecule has 1 amide bonds. The summed E-state index contributed by atoms with van der Waals surface area (Å²) in [5.41, 5.74) is 4.11. The number of aliphatic hydroxyl groups is 1. The molecule has 8 nitrogen and oxygen atoms in total. The fourth-order valence-electron chi connectivity index (χ4n) is 6.60. The number of amides is 1. The van der Waals surface area contributed by atoms with Crippen LogP contribution >= 0.6 is 0 Å². The van der Waals surface area contributed by atoms with Crippen LogP contribution in [0.4, 0.5) is 17.6 Å². The second-order valence-electron chi connectivity index (χ2n) is 12.5. The Morgan fingerprint density at radius 1 is 1.19 bits per heavy atom. The number of aromatic nitrogens is 1. The van der Waals surface area contributed by atoms with Crippen LogP contribution < -0.4 is 10.5 Å². The summed E-state index contributed by atoms with van der Waals surface area (Å²) < 4.78 is 67.0. The molecule has 12 heteroatoms. The number of nitrogens with zero attached hydrogens (tertiary/aromatic N) is 3. The fraction of sp³-hybridized carbons (Fsp3) is 0.613. The maximum Gasteiger partial charge on any atom is 0.395 e. The Morgan fingerprint density at radius 3 is 2.51 bits per heavy atom. The van der Waals surface area contributed by atoms with E-state index < -0.39 is 35.0 Å². The standard InChI is InChI=1S/C31H40F4N4O4/c1-29(19-42-20-36)14-24(40)16-39(29)28(41)22-3-5-25(26(32)13-22)23-4-6-27(37-15-23)43-17-21-7-11-38(12-8-21)18-30(9-2-10-30)31(33,34)35/h3-6,13,15,21,24,40H,2,7-12,14,16-20,36H2,1H3/t24-,29+/m1/s1. The summed E-state index contributed by atoms with van der Waals surface area (Å²) >= 11 is 0. The largest absolute Gasteiger partial charge is 0.477 e. The first-order valence-electron chi connectivity index (χ1n) is 14.9. The minimum absolute atomic E-state index is 0.0108. The molecule has 2 aliphatic heterocycles. The van der Waals surface area contributed by atoms with Gasteiger partial charge in [-0.3, -0.25) is 4.79 Å². The quantitative estimate of drug-likeness (QED) is 0.300. The lowest BCUT2D eigenvalue weighted by Crippen LogP contribution is -2.53. The molecule has 0 bridgehead atoms. The van der Waals surface area contributed by atoms with E-state index in [4.69, 9.17) is 15.2 Å². The molecule has 3 heterocycles. The molecule has 2 aromatic rings. The van der Waals surface area contributed by atoms with Crippen LogP contribution in [-0.2, 0) is 4.74 Å². The number of rotatable bonds is 10. The van der Waals surface area contributed by atoms with E-state index in [1.54, 1.807) is 18.2 Å². The van der Waals surface area contributed by atoms with Crippen molar-refractivity contribution in [3.8, 4) is 17.0 Å². The van der Waals surface area contributed by atoms with Gasteiger partial charge in [0.2, 0.25) is 5.88 Å². The maximum atomic E-state index is 15.2. The van der Waals surface area contributed by atoms with Crippen LogP contribution in [0.3, 0.4) is 0 Å². The summed E-state index contributed by atoms with van der Waals surface area (Å²) in [6.45, 7) is 3.82. The second kappa shape index (κ2) is 12.7. The number of halogens is 4. The summed E-state index contributed by atoms with van der Waals surface area (Å²) in [5, 5.41) is 10.2. The third-order valence-corrected chi connectivity index (χ3v) is 9.37. The van der Waals surface area contributed by atoms with Crippen molar-refractivity contribution in [2.75, 3.05) is 46.1 Å². The summed E-state index contributed by atoms with van der Waals surface area (Å²) in [6.07, 6.45) is -0.400. The van der Waals surface area contributed by atoms with Gasteiger partial charge < -0.3 is 30.1 Å². The van der Waals surface area contributed by atoms with Crippen molar-refractivity contribution in [1.29, 1.82) is 0 Å². The number of β-amino-alcohol motifs (C(OH)–C–C–N with tert-alkyl or cyclic N) is 1. The van der Waals surface area contributed by atoms with Crippen molar-refractivity contribution in [3.05, 3.63) is 47.9 Å². The zero-order chi connectivity index (χ0) is 30.8. The number of aliphatic hydroxyl groups excluding tert-OH is 1. The molecule has 3 N–H and O–H groups in total. The highest BCUT2D eigenvalue weighted by molar-refractivity contribution is 5.95. The number of carbonyl (C=O) groups is 1. The minimum Gasteiger partial charge on any atom is -0.477 e. The molecule has 2 saturated heterocycles. The molecule has 0 unspecified atom stereocenters. The van der Waals surface area contributed by atoms with Gasteiger partial charge in [0.05, 0.1) is 37.0 Å². The van der Waals surface area contributed by atoms with Crippen molar-refractivity contribution < 1.29 is 36.9 Å². The second-order valence-corrected chi connectivity index (χ2v) is 12.5. The zero-order valence-corrected chi connectivity index (χ0v) is 24.4. The van der Waals surface area contributed by atoms with E-state index in [9.17, 15) is 23.1 Å². The first kappa shape index (κ1) is 31.6. The van der Waals surface area contributed by atoms with E-state index in [1.807, 2.05) is 11.8 Å². The van der Waals surface area contributed by atoms with Crippen LogP contribution in [0.2, 0.25) is 0 Å². The van der Waals surface area contributed by atoms with E-state index in [0.717, 1.165) is 12.8 Å². The number of ether oxygens (including phenoxy) is 2. The molecule has 0 spiro atoms. The molecule has 2 atom stereocenters. The summed E-state index contributed by atoms with van der Waals surface area (Å²) in [6, 6.07) is 7.61. The molecule has 1 aromatic carbocycles. The fourth-order valence-corrected chi connectivity index (χ4v) is 6.60. The average molecular weight is 609 g/mol. The van der Waals surface area contributed by atoms with E-state index in [1.165, 1.54) is 23.2 Å². The first-order valence-corrected chi connectivity index (χ1v) is 14.9. The van der Waals surface area contributed by atoms with Crippen LogP contribution in [0.25, 0.3) is 11.1 Å². The molecule has 3 fully saturated rings. The predicted octanol–water partition coefficient (Wildman–Crippen LogP) is 4.61. The van der Waals surface area contributed by atoms with Crippen LogP contribution in [0.1, 0.15) is 55.8 Å². The molecule has 0 radical (unpaired) electrons. The molecule has 1 aromatic heterocycles. The van der Waals surface area contributed by atoms with E-state index in [0.29, 0.717) is 44.0 Å². The van der Waals surface area contributed by atoms with Crippen molar-refractivity contribution in [1.82, 2.24) is 14.8 Å². The van der Waals surface area contributed by atoms with Crippen molar-refractivity contribution in [2.45, 2.75) is 63.3 Å². The number of alkyl halides is 3. The first-order chi connectivity index (χ1) is 20.4. The predicted molar refractivity (Wildman–Crippen MR) is 152 cm³/mol. The van der Waals surface area contributed by atoms with Gasteiger partial charge in [0.25, 0.3) is 5.91 Å². The molecule has 3 aliphatic rings. The Labute approximate surface area is 249 Å². The van der Waals surface area contributed by atoms with Gasteiger partial charge in [-0.05, 0) is 69.8 Å². The number of hydrogen-bond donors (Lipinski definition) is 2. The maximum absolute atomic E-state index is 15.2. The van der Waals surface area contributed by atoms with Crippen molar-refractivity contribution in [2.24, 2.45) is 17.1 Å². The van der Waals surface area contributed by atoms with Crippen LogP contribution in [0.5, 0.6) is 5.88 Å². The highest BCUT2D eigenvalue weighted by Gasteiger charge is 2.58. The summed E-state index contributed by atoms with van der Waals surface area (Å²) in [7, 11) is 0. The number of pyridine rings is 1. The lowest BCUT2D eigenvalue weighted by Gasteiger charge is -2.47. The highest BCUT2D eigenvalue weighted by atomic mass is 19.4. The topological polar surface area (TPSA) is 101 Å². The summed E-state index contributed by atoms with van der Waals surface area (Å²) in [5.74, 6) is -0.373. The lowest BCUT2D eigenvalue weighted by molar-refractivity contribution is -0.256. The Kier molecular flexibility index (Phi) is 9.31. The minimum atomic E-state index is -4.15. The van der Waals surface area contributed by atoms with E-state index >= 15 is 4.39 Å². The number of hydrogen-bond acceptors (Lipinski definition) is 7. The van der Waals surface area contributed by atoms with Gasteiger partial charge >= 0.3 is 6.18 Å². The third-order valence-electron chi connectivity index (χ3n) is 9.37. The normalized spacial score (nSPS) is 24.6. The third kappa shape index (κ3) is 6.82. The molecule has 1 saturated carbocycles. The smallest absolute Gasteiger partial charge is 0.395 e. The molecule has 43 heavy (non-hydrogen) atoms. The van der Waals surface area contributed by atoms with Crippen LogP contribution in [0, 0.1) is 17.2 Å². The zero-order valence-electron chi connectivity index (χ0n) is 24.4. The Morgan fingerprint density at radius 2 is 1.93 bits per heavy atom. The molecule has 236 valence electrons. The van der Waals surface area contributed by atoms with Crippen molar-refractivity contribution >= 4 is 5.91 Å². The molecule has 5 rings (SSSR count). The van der Waals surface area contributed by atoms with Gasteiger partial charge in [0, 0.05) is 48.5 Å². The lowest BCUT2D eigenvalue weighted by atomic mass is 9.67. The number of benzene rings is 1.